The summed E-state index contributed by atoms with van der Waals surface area (Å²) in [5.74, 6) is 0. The molecule has 4 aromatic rings. The van der Waals surface area contributed by atoms with E-state index in [2.05, 4.69) is 60.0 Å². The first-order valence-electron chi connectivity index (χ1n) is 9.06. The van der Waals surface area contributed by atoms with Crippen molar-refractivity contribution < 1.29 is 9.90 Å². The number of hydrogen-bond donors (Lipinski definition) is 1. The molecule has 0 fully saturated rings. The van der Waals surface area contributed by atoms with Gasteiger partial charge in [-0.15, -0.1) is 0 Å². The molecule has 0 spiro atoms. The molecule has 4 nitrogen and oxygen atoms in total. The molecule has 0 atom stereocenters. The Morgan fingerprint density at radius 1 is 1.14 bits per heavy atom. The first-order valence-corrected chi connectivity index (χ1v) is 9.44. The van der Waals surface area contributed by atoms with Crippen molar-refractivity contribution in [3.63, 3.8) is 0 Å². The number of aromatic nitrogens is 2. The standard InChI is InChI=1S/C22H17ClN2.CH2O2/c1-14-11-18-9-10-19-20(15-5-7-17(23)8-6-15)12-21(16-3-2-4-16)24-22(19)25(18)13-14;2-1-3/h3,5-13H,2,4H2,1H3;1H,(H,2,3). The van der Waals surface area contributed by atoms with Gasteiger partial charge in [-0.25, -0.2) is 4.98 Å². The second kappa shape index (κ2) is 7.49. The van der Waals surface area contributed by atoms with Gasteiger partial charge in [-0.3, -0.25) is 4.79 Å². The fourth-order valence-electron chi connectivity index (χ4n) is 3.54. The molecule has 0 saturated heterocycles. The van der Waals surface area contributed by atoms with E-state index in [1.807, 2.05) is 12.1 Å². The van der Waals surface area contributed by atoms with Crippen LogP contribution in [0.1, 0.15) is 24.1 Å². The van der Waals surface area contributed by atoms with Gasteiger partial charge in [0.2, 0.25) is 0 Å². The summed E-state index contributed by atoms with van der Waals surface area (Å²) in [6, 6.07) is 16.8. The lowest BCUT2D eigenvalue weighted by atomic mass is 9.92. The summed E-state index contributed by atoms with van der Waals surface area (Å²) in [6.45, 7) is 1.87. The molecule has 0 amide bonds. The minimum Gasteiger partial charge on any atom is -0.483 e. The van der Waals surface area contributed by atoms with Crippen LogP contribution in [0.3, 0.4) is 0 Å². The predicted molar refractivity (Wildman–Crippen MR) is 114 cm³/mol. The van der Waals surface area contributed by atoms with E-state index in [0.29, 0.717) is 0 Å². The quantitative estimate of drug-likeness (QED) is 0.427. The molecule has 0 aliphatic heterocycles. The molecule has 0 unspecified atom stereocenters. The van der Waals surface area contributed by atoms with E-state index >= 15 is 0 Å². The molecule has 28 heavy (non-hydrogen) atoms. The number of pyridine rings is 2. The van der Waals surface area contributed by atoms with E-state index in [-0.39, 0.29) is 6.47 Å². The highest BCUT2D eigenvalue weighted by Crippen LogP contribution is 2.35. The zero-order valence-corrected chi connectivity index (χ0v) is 16.1. The van der Waals surface area contributed by atoms with Gasteiger partial charge in [-0.1, -0.05) is 29.8 Å². The van der Waals surface area contributed by atoms with Crippen LogP contribution in [0.5, 0.6) is 0 Å². The molecule has 3 heterocycles. The summed E-state index contributed by atoms with van der Waals surface area (Å²) < 4.78 is 2.20. The van der Waals surface area contributed by atoms with E-state index in [0.717, 1.165) is 34.6 Å². The van der Waals surface area contributed by atoms with Gasteiger partial charge in [0.05, 0.1) is 5.69 Å². The summed E-state index contributed by atoms with van der Waals surface area (Å²) in [5.41, 5.74) is 8.25. The Morgan fingerprint density at radius 3 is 2.50 bits per heavy atom. The summed E-state index contributed by atoms with van der Waals surface area (Å²) in [6.07, 6.45) is 6.70. The third-order valence-corrected chi connectivity index (χ3v) is 5.21. The molecule has 1 N–H and O–H groups in total. The molecule has 0 saturated carbocycles. The molecule has 5 rings (SSSR count). The van der Waals surface area contributed by atoms with Crippen molar-refractivity contribution in [2.45, 2.75) is 19.8 Å². The zero-order chi connectivity index (χ0) is 19.7. The number of hydrogen-bond acceptors (Lipinski definition) is 2. The number of aryl methyl sites for hydroxylation is 1. The van der Waals surface area contributed by atoms with Crippen LogP contribution in [0.15, 0.2) is 60.8 Å². The predicted octanol–water partition coefficient (Wildman–Crippen LogP) is 5.99. The maximum Gasteiger partial charge on any atom is 0.290 e. The third kappa shape index (κ3) is 3.27. The van der Waals surface area contributed by atoms with Gasteiger partial charge >= 0.3 is 0 Å². The zero-order valence-electron chi connectivity index (χ0n) is 15.4. The SMILES string of the molecule is Cc1cc2ccc3c(-c4ccc(Cl)cc4)cc(C4=CCC4)nc3n2c1.O=CO. The fraction of sp³-hybridized carbons (Fsp3) is 0.130. The van der Waals surface area contributed by atoms with E-state index in [4.69, 9.17) is 26.5 Å². The summed E-state index contributed by atoms with van der Waals surface area (Å²) >= 11 is 6.09. The first-order chi connectivity index (χ1) is 13.6. The summed E-state index contributed by atoms with van der Waals surface area (Å²) in [7, 11) is 0. The smallest absolute Gasteiger partial charge is 0.290 e. The maximum absolute atomic E-state index is 8.36. The second-order valence-electron chi connectivity index (χ2n) is 6.82. The van der Waals surface area contributed by atoms with Crippen LogP contribution in [0, 0.1) is 6.92 Å². The normalized spacial score (nSPS) is 12.9. The van der Waals surface area contributed by atoms with Gasteiger partial charge in [0.1, 0.15) is 5.65 Å². The van der Waals surface area contributed by atoms with Crippen molar-refractivity contribution in [3.05, 3.63) is 77.1 Å². The lowest BCUT2D eigenvalue weighted by Gasteiger charge is -2.17. The molecule has 140 valence electrons. The van der Waals surface area contributed by atoms with Gasteiger partial charge in [0, 0.05) is 22.1 Å². The Hall–Kier alpha value is -3.11. The molecule has 0 bridgehead atoms. The van der Waals surface area contributed by atoms with Gasteiger partial charge in [0.15, 0.2) is 0 Å². The van der Waals surface area contributed by atoms with Gasteiger partial charge < -0.3 is 9.51 Å². The number of fused-ring (bicyclic) bond motifs is 3. The molecule has 1 aromatic carbocycles. The minimum absolute atomic E-state index is 0.250. The molecule has 1 aliphatic rings. The number of benzene rings is 1. The highest BCUT2D eigenvalue weighted by Gasteiger charge is 2.16. The van der Waals surface area contributed by atoms with Crippen molar-refractivity contribution >= 4 is 40.2 Å². The van der Waals surface area contributed by atoms with Gasteiger partial charge in [-0.05, 0) is 78.4 Å². The van der Waals surface area contributed by atoms with Crippen molar-refractivity contribution in [2.75, 3.05) is 0 Å². The number of nitrogens with zero attached hydrogens (tertiary/aromatic N) is 2. The molecule has 3 aromatic heterocycles. The van der Waals surface area contributed by atoms with Crippen LogP contribution in [-0.2, 0) is 4.79 Å². The van der Waals surface area contributed by atoms with E-state index in [9.17, 15) is 0 Å². The highest BCUT2D eigenvalue weighted by molar-refractivity contribution is 6.30. The van der Waals surface area contributed by atoms with Crippen LogP contribution in [0.4, 0.5) is 0 Å². The molecule has 0 radical (unpaired) electrons. The first kappa shape index (κ1) is 18.3. The highest BCUT2D eigenvalue weighted by atomic mass is 35.5. The summed E-state index contributed by atoms with van der Waals surface area (Å²) in [5, 5.41) is 8.81. The largest absolute Gasteiger partial charge is 0.483 e. The van der Waals surface area contributed by atoms with Crippen molar-refractivity contribution in [3.8, 4) is 11.1 Å². The molecule has 1 aliphatic carbocycles. The molecular weight excluding hydrogens is 372 g/mol. The lowest BCUT2D eigenvalue weighted by Crippen LogP contribution is -2.01. The van der Waals surface area contributed by atoms with Crippen LogP contribution < -0.4 is 0 Å². The Balaban J connectivity index is 0.000000604. The Kier molecular flexibility index (Phi) is 4.88. The third-order valence-electron chi connectivity index (χ3n) is 4.96. The molecular formula is C23H19ClN2O2. The van der Waals surface area contributed by atoms with Crippen LogP contribution in [0.25, 0.3) is 33.3 Å². The number of carboxylic acid groups (broad SMARTS) is 1. The number of carbonyl (C=O) groups is 1. The average Bonchev–Trinajstić information content (AvgIpc) is 3.02. The van der Waals surface area contributed by atoms with Crippen LogP contribution >= 0.6 is 11.6 Å². The Labute approximate surface area is 167 Å². The maximum atomic E-state index is 8.36. The molecule has 5 heteroatoms. The van der Waals surface area contributed by atoms with E-state index in [1.165, 1.54) is 27.8 Å². The topological polar surface area (TPSA) is 54.6 Å². The van der Waals surface area contributed by atoms with Crippen molar-refractivity contribution in [2.24, 2.45) is 0 Å². The average molecular weight is 391 g/mol. The number of rotatable bonds is 2. The second-order valence-corrected chi connectivity index (χ2v) is 7.25. The van der Waals surface area contributed by atoms with Crippen LogP contribution in [-0.4, -0.2) is 21.0 Å². The lowest BCUT2D eigenvalue weighted by molar-refractivity contribution is -0.122. The van der Waals surface area contributed by atoms with E-state index < -0.39 is 0 Å². The van der Waals surface area contributed by atoms with Gasteiger partial charge in [-0.2, -0.15) is 0 Å². The monoisotopic (exact) mass is 390 g/mol. The summed E-state index contributed by atoms with van der Waals surface area (Å²) in [4.78, 5) is 13.4. The van der Waals surface area contributed by atoms with Gasteiger partial charge in [0.25, 0.3) is 6.47 Å². The number of halogens is 1. The minimum atomic E-state index is -0.250. The van der Waals surface area contributed by atoms with Crippen LogP contribution in [0.2, 0.25) is 5.02 Å². The van der Waals surface area contributed by atoms with E-state index in [1.54, 1.807) is 0 Å². The van der Waals surface area contributed by atoms with Crippen molar-refractivity contribution in [1.29, 1.82) is 0 Å². The number of allylic oxidation sites excluding steroid dienone is 2. The Bertz CT molecular complexity index is 1210. The van der Waals surface area contributed by atoms with Crippen molar-refractivity contribution in [1.82, 2.24) is 9.38 Å². The Morgan fingerprint density at radius 2 is 1.86 bits per heavy atom. The fourth-order valence-corrected chi connectivity index (χ4v) is 3.67.